The predicted molar refractivity (Wildman–Crippen MR) is 110 cm³/mol. The van der Waals surface area contributed by atoms with Crippen molar-refractivity contribution in [2.75, 3.05) is 13.1 Å². The number of halogens is 1. The summed E-state index contributed by atoms with van der Waals surface area (Å²) < 4.78 is 33.0. The molecule has 2 aromatic rings. The van der Waals surface area contributed by atoms with Gasteiger partial charge in [0.1, 0.15) is 10.6 Å². The number of esters is 1. The van der Waals surface area contributed by atoms with E-state index in [0.717, 1.165) is 36.0 Å². The van der Waals surface area contributed by atoms with Gasteiger partial charge in [0.15, 0.2) is 0 Å². The number of piperidine rings is 1. The van der Waals surface area contributed by atoms with Crippen LogP contribution < -0.4 is 4.74 Å². The maximum atomic E-state index is 13.0. The van der Waals surface area contributed by atoms with Gasteiger partial charge in [0.25, 0.3) is 0 Å². The van der Waals surface area contributed by atoms with Crippen molar-refractivity contribution in [3.63, 3.8) is 0 Å². The first-order valence-electron chi connectivity index (χ1n) is 9.30. The van der Waals surface area contributed by atoms with Crippen molar-refractivity contribution in [1.82, 2.24) is 4.31 Å². The third-order valence-electron chi connectivity index (χ3n) is 5.17. The first kappa shape index (κ1) is 20.8. The zero-order chi connectivity index (χ0) is 20.5. The van der Waals surface area contributed by atoms with Gasteiger partial charge in [-0.25, -0.2) is 13.2 Å². The normalized spacial score (nSPS) is 15.4. The van der Waals surface area contributed by atoms with Crippen LogP contribution in [0, 0.1) is 20.8 Å². The molecule has 1 aliphatic heterocycles. The van der Waals surface area contributed by atoms with Crippen molar-refractivity contribution in [2.45, 2.75) is 44.9 Å². The summed E-state index contributed by atoms with van der Waals surface area (Å²) in [5.74, 6) is -0.107. The van der Waals surface area contributed by atoms with Gasteiger partial charge in [-0.1, -0.05) is 30.2 Å². The molecule has 1 heterocycles. The van der Waals surface area contributed by atoms with E-state index in [1.165, 1.54) is 22.5 Å². The van der Waals surface area contributed by atoms with Crippen molar-refractivity contribution in [3.8, 4) is 5.75 Å². The summed E-state index contributed by atoms with van der Waals surface area (Å²) in [4.78, 5) is 12.7. The lowest BCUT2D eigenvalue weighted by atomic mass is 10.1. The summed E-state index contributed by atoms with van der Waals surface area (Å²) in [7, 11) is -3.75. The number of carbonyl (C=O) groups is 1. The minimum Gasteiger partial charge on any atom is -0.422 e. The van der Waals surface area contributed by atoms with Crippen LogP contribution in [-0.4, -0.2) is 31.8 Å². The maximum Gasteiger partial charge on any atom is 0.343 e. The van der Waals surface area contributed by atoms with E-state index in [1.807, 2.05) is 32.9 Å². The second-order valence-electron chi connectivity index (χ2n) is 7.15. The molecule has 150 valence electrons. The molecule has 7 heteroatoms. The molecule has 0 N–H and O–H groups in total. The summed E-state index contributed by atoms with van der Waals surface area (Å²) in [6.07, 6.45) is 2.66. The Labute approximate surface area is 171 Å². The van der Waals surface area contributed by atoms with Gasteiger partial charge in [-0.2, -0.15) is 4.31 Å². The van der Waals surface area contributed by atoms with Crippen molar-refractivity contribution in [2.24, 2.45) is 0 Å². The summed E-state index contributed by atoms with van der Waals surface area (Å²) in [6, 6.07) is 8.09. The molecule has 5 nitrogen and oxygen atoms in total. The highest BCUT2D eigenvalue weighted by Gasteiger charge is 2.29. The van der Waals surface area contributed by atoms with Crippen LogP contribution >= 0.6 is 11.6 Å². The molecule has 0 saturated carbocycles. The van der Waals surface area contributed by atoms with Crippen molar-refractivity contribution in [1.29, 1.82) is 0 Å². The van der Waals surface area contributed by atoms with Gasteiger partial charge in [0.05, 0.1) is 10.6 Å². The van der Waals surface area contributed by atoms with Crippen LogP contribution in [0.5, 0.6) is 5.75 Å². The molecule has 0 aliphatic carbocycles. The molecule has 3 rings (SSSR count). The molecule has 28 heavy (non-hydrogen) atoms. The van der Waals surface area contributed by atoms with Crippen LogP contribution in [0.1, 0.15) is 46.3 Å². The third-order valence-corrected chi connectivity index (χ3v) is 7.55. The van der Waals surface area contributed by atoms with Gasteiger partial charge in [0.2, 0.25) is 10.0 Å². The van der Waals surface area contributed by atoms with Crippen LogP contribution in [0.2, 0.25) is 5.02 Å². The second-order valence-corrected chi connectivity index (χ2v) is 9.47. The molecular weight excluding hydrogens is 398 g/mol. The molecule has 0 bridgehead atoms. The number of hydrogen-bond donors (Lipinski definition) is 0. The lowest BCUT2D eigenvalue weighted by molar-refractivity contribution is 0.0732. The predicted octanol–water partition coefficient (Wildman–Crippen LogP) is 4.66. The standard InChI is InChI=1S/C21H24ClNO4S/c1-14-7-8-15(2)20(16(14)3)27-21(24)17-9-10-18(22)19(13-17)28(25,26)23-11-5-4-6-12-23/h7-10,13H,4-6,11-12H2,1-3H3. The zero-order valence-corrected chi connectivity index (χ0v) is 17.9. The highest BCUT2D eigenvalue weighted by atomic mass is 35.5. The van der Waals surface area contributed by atoms with E-state index in [-0.39, 0.29) is 15.5 Å². The van der Waals surface area contributed by atoms with Gasteiger partial charge in [0, 0.05) is 13.1 Å². The first-order valence-corrected chi connectivity index (χ1v) is 11.1. The molecule has 1 aliphatic rings. The monoisotopic (exact) mass is 421 g/mol. The SMILES string of the molecule is Cc1ccc(C)c(OC(=O)c2ccc(Cl)c(S(=O)(=O)N3CCCCC3)c2)c1C. The number of aryl methyl sites for hydroxylation is 2. The van der Waals surface area contributed by atoms with E-state index in [0.29, 0.717) is 18.8 Å². The fourth-order valence-corrected chi connectivity index (χ4v) is 5.32. The number of benzene rings is 2. The van der Waals surface area contributed by atoms with Crippen LogP contribution in [0.4, 0.5) is 0 Å². The van der Waals surface area contributed by atoms with E-state index in [2.05, 4.69) is 0 Å². The Balaban J connectivity index is 1.93. The van der Waals surface area contributed by atoms with E-state index >= 15 is 0 Å². The molecule has 1 fully saturated rings. The van der Waals surface area contributed by atoms with Crippen molar-refractivity contribution < 1.29 is 17.9 Å². The fraction of sp³-hybridized carbons (Fsp3) is 0.381. The molecular formula is C21H24ClNO4S. The van der Waals surface area contributed by atoms with Crippen LogP contribution in [0.3, 0.4) is 0 Å². The lowest BCUT2D eigenvalue weighted by Gasteiger charge is -2.26. The summed E-state index contributed by atoms with van der Waals surface area (Å²) in [5, 5.41) is 0.102. The minimum absolute atomic E-state index is 0.0526. The van der Waals surface area contributed by atoms with Crippen LogP contribution in [-0.2, 0) is 10.0 Å². The first-order chi connectivity index (χ1) is 13.2. The molecule has 2 aromatic carbocycles. The Morgan fingerprint density at radius 2 is 1.64 bits per heavy atom. The Morgan fingerprint density at radius 1 is 1.00 bits per heavy atom. The number of rotatable bonds is 4. The summed E-state index contributed by atoms with van der Waals surface area (Å²) in [5.41, 5.74) is 2.88. The number of sulfonamides is 1. The number of ether oxygens (including phenoxy) is 1. The quantitative estimate of drug-likeness (QED) is 0.532. The largest absolute Gasteiger partial charge is 0.422 e. The number of hydrogen-bond acceptors (Lipinski definition) is 4. The van der Waals surface area contributed by atoms with Gasteiger partial charge in [-0.15, -0.1) is 0 Å². The minimum atomic E-state index is -3.75. The van der Waals surface area contributed by atoms with E-state index in [4.69, 9.17) is 16.3 Å². The van der Waals surface area contributed by atoms with E-state index in [1.54, 1.807) is 0 Å². The highest BCUT2D eigenvalue weighted by Crippen LogP contribution is 2.30. The number of carbonyl (C=O) groups excluding carboxylic acids is 1. The fourth-order valence-electron chi connectivity index (χ4n) is 3.31. The molecule has 0 atom stereocenters. The zero-order valence-electron chi connectivity index (χ0n) is 16.3. The Morgan fingerprint density at radius 3 is 2.32 bits per heavy atom. The summed E-state index contributed by atoms with van der Waals surface area (Å²) >= 11 is 6.18. The molecule has 0 amide bonds. The Bertz CT molecular complexity index is 1010. The number of nitrogens with zero attached hydrogens (tertiary/aromatic N) is 1. The smallest absolute Gasteiger partial charge is 0.343 e. The average molecular weight is 422 g/mol. The van der Waals surface area contributed by atoms with Crippen molar-refractivity contribution >= 4 is 27.6 Å². The second kappa shape index (κ2) is 8.23. The van der Waals surface area contributed by atoms with Gasteiger partial charge < -0.3 is 4.74 Å². The Hall–Kier alpha value is -1.89. The van der Waals surface area contributed by atoms with Gasteiger partial charge in [-0.05, 0) is 68.5 Å². The maximum absolute atomic E-state index is 13.0. The molecule has 0 unspecified atom stereocenters. The highest BCUT2D eigenvalue weighted by molar-refractivity contribution is 7.89. The van der Waals surface area contributed by atoms with E-state index < -0.39 is 16.0 Å². The van der Waals surface area contributed by atoms with E-state index in [9.17, 15) is 13.2 Å². The topological polar surface area (TPSA) is 63.7 Å². The molecule has 0 aromatic heterocycles. The van der Waals surface area contributed by atoms with Gasteiger partial charge >= 0.3 is 5.97 Å². The molecule has 0 spiro atoms. The van der Waals surface area contributed by atoms with Gasteiger partial charge in [-0.3, -0.25) is 0 Å². The third kappa shape index (κ3) is 4.09. The van der Waals surface area contributed by atoms with Crippen LogP contribution in [0.15, 0.2) is 35.2 Å². The molecule has 1 saturated heterocycles. The van der Waals surface area contributed by atoms with Crippen LogP contribution in [0.25, 0.3) is 0 Å². The average Bonchev–Trinajstić information content (AvgIpc) is 2.69. The van der Waals surface area contributed by atoms with Crippen molar-refractivity contribution in [3.05, 3.63) is 57.6 Å². The lowest BCUT2D eigenvalue weighted by Crippen LogP contribution is -2.35. The summed E-state index contributed by atoms with van der Waals surface area (Å²) in [6.45, 7) is 6.63. The Kier molecular flexibility index (Phi) is 6.12. The molecule has 0 radical (unpaired) electrons.